The molecule has 0 amide bonds. The summed E-state index contributed by atoms with van der Waals surface area (Å²) in [6.07, 6.45) is -0.230. The van der Waals surface area contributed by atoms with Crippen molar-refractivity contribution in [2.75, 3.05) is 0 Å². The van der Waals surface area contributed by atoms with Crippen LogP contribution >= 0.6 is 0 Å². The van der Waals surface area contributed by atoms with E-state index in [1.807, 2.05) is 13.8 Å². The fourth-order valence-corrected chi connectivity index (χ4v) is 1.55. The Kier molecular flexibility index (Phi) is 6.98. The Bertz CT molecular complexity index is 838. The molecule has 0 aliphatic carbocycles. The second-order valence-electron chi connectivity index (χ2n) is 4.21. The molecule has 126 valence electrons. The van der Waals surface area contributed by atoms with E-state index in [4.69, 9.17) is 0 Å². The predicted octanol–water partition coefficient (Wildman–Crippen LogP) is 0.124. The third kappa shape index (κ3) is 3.68. The van der Waals surface area contributed by atoms with Crippen LogP contribution in [-0.4, -0.2) is 31.4 Å². The molecule has 1 aromatic heterocycles. The number of aromatic nitrogens is 3. The molecule has 0 fully saturated rings. The molecule has 9 heteroatoms. The van der Waals surface area contributed by atoms with Crippen molar-refractivity contribution in [2.45, 2.75) is 41.0 Å². The van der Waals surface area contributed by atoms with Crippen molar-refractivity contribution in [2.24, 2.45) is 0 Å². The van der Waals surface area contributed by atoms with Crippen LogP contribution in [0.15, 0.2) is 26.5 Å². The van der Waals surface area contributed by atoms with Crippen LogP contribution in [0.1, 0.15) is 55.4 Å². The zero-order valence-electron chi connectivity index (χ0n) is 13.7. The summed E-state index contributed by atoms with van der Waals surface area (Å²) in [5, 5.41) is 0. The van der Waals surface area contributed by atoms with Crippen LogP contribution in [0.25, 0.3) is 0 Å². The lowest BCUT2D eigenvalue weighted by molar-refractivity contribution is 0.0865. The molecule has 0 aliphatic rings. The molecule has 0 saturated heterocycles. The molecule has 1 heterocycles. The highest BCUT2D eigenvalue weighted by molar-refractivity contribution is 5.94. The van der Waals surface area contributed by atoms with Gasteiger partial charge in [0.2, 0.25) is 11.8 Å². The molecule has 0 atom stereocenters. The smallest absolute Gasteiger partial charge is 0.274 e. The molecular weight excluding hydrogens is 306 g/mol. The van der Waals surface area contributed by atoms with E-state index < -0.39 is 34.8 Å². The Hall–Kier alpha value is -2.84. The number of hydrogen-bond donors (Lipinski definition) is 0. The minimum Gasteiger partial charge on any atom is -0.274 e. The van der Waals surface area contributed by atoms with E-state index in [2.05, 4.69) is 6.58 Å². The van der Waals surface area contributed by atoms with Crippen LogP contribution in [0.5, 0.6) is 0 Å². The molecule has 1 aromatic rings. The fraction of sp³-hybridized carbons (Fsp3) is 0.429. The van der Waals surface area contributed by atoms with E-state index in [1.54, 1.807) is 0 Å². The van der Waals surface area contributed by atoms with Crippen molar-refractivity contribution in [3.63, 3.8) is 0 Å². The molecule has 0 aromatic carbocycles. The number of nitrogens with zero attached hydrogens (tertiary/aromatic N) is 3. The van der Waals surface area contributed by atoms with Gasteiger partial charge in [-0.1, -0.05) is 27.4 Å². The first kappa shape index (κ1) is 20.2. The minimum absolute atomic E-state index is 0.0404. The molecule has 0 radical (unpaired) electrons. The van der Waals surface area contributed by atoms with E-state index in [0.717, 1.165) is 6.92 Å². The van der Waals surface area contributed by atoms with Crippen LogP contribution in [0.2, 0.25) is 0 Å². The van der Waals surface area contributed by atoms with E-state index >= 15 is 0 Å². The summed E-state index contributed by atoms with van der Waals surface area (Å²) in [6, 6.07) is 0. The molecule has 1 rings (SSSR count). The zero-order chi connectivity index (χ0) is 18.5. The van der Waals surface area contributed by atoms with Crippen molar-refractivity contribution in [3.05, 3.63) is 43.6 Å². The van der Waals surface area contributed by atoms with Gasteiger partial charge in [-0.15, -0.1) is 0 Å². The summed E-state index contributed by atoms with van der Waals surface area (Å²) in [5.41, 5.74) is -4.40. The summed E-state index contributed by atoms with van der Waals surface area (Å²) >= 11 is 0. The van der Waals surface area contributed by atoms with Gasteiger partial charge in [-0.3, -0.25) is 14.4 Å². The van der Waals surface area contributed by atoms with Gasteiger partial charge in [0.25, 0.3) is 5.91 Å². The lowest BCUT2D eigenvalue weighted by Gasteiger charge is -2.09. The highest BCUT2D eigenvalue weighted by atomic mass is 16.2. The van der Waals surface area contributed by atoms with Crippen LogP contribution in [0.3, 0.4) is 0 Å². The van der Waals surface area contributed by atoms with Gasteiger partial charge in [0.15, 0.2) is 0 Å². The number of carbonyl (C=O) groups excluding carboxylic acids is 3. The molecule has 0 unspecified atom stereocenters. The van der Waals surface area contributed by atoms with Crippen LogP contribution in [0, 0.1) is 0 Å². The predicted molar refractivity (Wildman–Crippen MR) is 83.2 cm³/mol. The van der Waals surface area contributed by atoms with E-state index in [0.29, 0.717) is 0 Å². The Balaban J connectivity index is 0.00000232. The molecule has 23 heavy (non-hydrogen) atoms. The van der Waals surface area contributed by atoms with Crippen molar-refractivity contribution < 1.29 is 14.4 Å². The molecule has 0 N–H and O–H groups in total. The zero-order valence-corrected chi connectivity index (χ0v) is 13.7. The van der Waals surface area contributed by atoms with Crippen molar-refractivity contribution in [3.8, 4) is 0 Å². The van der Waals surface area contributed by atoms with E-state index in [9.17, 15) is 28.8 Å². The normalized spacial score (nSPS) is 9.61. The Morgan fingerprint density at radius 3 is 1.61 bits per heavy atom. The second kappa shape index (κ2) is 7.97. The summed E-state index contributed by atoms with van der Waals surface area (Å²) in [7, 11) is 0. The van der Waals surface area contributed by atoms with Gasteiger partial charge in [0.05, 0.1) is 0 Å². The summed E-state index contributed by atoms with van der Waals surface area (Å²) in [5.74, 6) is -3.06. The highest BCUT2D eigenvalue weighted by Gasteiger charge is 2.24. The average molecular weight is 325 g/mol. The van der Waals surface area contributed by atoms with Crippen LogP contribution in [0.4, 0.5) is 0 Å². The quantitative estimate of drug-likeness (QED) is 0.713. The van der Waals surface area contributed by atoms with Gasteiger partial charge < -0.3 is 0 Å². The van der Waals surface area contributed by atoms with Crippen molar-refractivity contribution in [1.82, 2.24) is 13.7 Å². The Labute approximate surface area is 131 Å². The van der Waals surface area contributed by atoms with E-state index in [-0.39, 0.29) is 25.7 Å². The van der Waals surface area contributed by atoms with Crippen molar-refractivity contribution >= 4 is 17.7 Å². The maximum absolute atomic E-state index is 12.1. The first-order chi connectivity index (χ1) is 10.6. The third-order valence-electron chi connectivity index (χ3n) is 2.58. The number of allylic oxidation sites excluding steroid dienone is 1. The summed E-state index contributed by atoms with van der Waals surface area (Å²) in [6.45, 7) is 10.8. The average Bonchev–Trinajstić information content (AvgIpc) is 2.48. The van der Waals surface area contributed by atoms with Gasteiger partial charge >= 0.3 is 17.1 Å². The lowest BCUT2D eigenvalue weighted by atomic mass is 10.3. The summed E-state index contributed by atoms with van der Waals surface area (Å²) < 4.78 is 0.179. The molecular formula is C14H19N3O6. The Morgan fingerprint density at radius 2 is 1.26 bits per heavy atom. The highest BCUT2D eigenvalue weighted by Crippen LogP contribution is 1.90. The van der Waals surface area contributed by atoms with Gasteiger partial charge in [0, 0.05) is 18.9 Å². The van der Waals surface area contributed by atoms with Crippen LogP contribution in [-0.2, 0) is 0 Å². The number of rotatable bonds is 2. The first-order valence-corrected chi connectivity index (χ1v) is 6.90. The standard InChI is InChI=1S/C12H13N3O6.C2H6/c1-5-8(17)14-10(19)13(7(4)16)11(20)15(12(14)21)9(18)6(2)3;1-2/h2,5H2,1,3-4H3;1-2H3. The first-order valence-electron chi connectivity index (χ1n) is 6.90. The van der Waals surface area contributed by atoms with Gasteiger partial charge in [-0.25, -0.2) is 14.4 Å². The Morgan fingerprint density at radius 1 is 0.870 bits per heavy atom. The largest absolute Gasteiger partial charge is 0.350 e. The number of hydrogen-bond acceptors (Lipinski definition) is 6. The third-order valence-corrected chi connectivity index (χ3v) is 2.58. The molecule has 0 saturated carbocycles. The van der Waals surface area contributed by atoms with Gasteiger partial charge in [0.1, 0.15) is 0 Å². The molecule has 9 nitrogen and oxygen atoms in total. The molecule has 0 spiro atoms. The van der Waals surface area contributed by atoms with E-state index in [1.165, 1.54) is 13.8 Å². The maximum Gasteiger partial charge on any atom is 0.350 e. The van der Waals surface area contributed by atoms with Gasteiger partial charge in [-0.2, -0.15) is 13.7 Å². The minimum atomic E-state index is -1.43. The maximum atomic E-state index is 12.1. The fourth-order valence-electron chi connectivity index (χ4n) is 1.55. The lowest BCUT2D eigenvalue weighted by Crippen LogP contribution is -2.59. The number of carbonyl (C=O) groups is 3. The van der Waals surface area contributed by atoms with Crippen LogP contribution < -0.4 is 17.1 Å². The summed E-state index contributed by atoms with van der Waals surface area (Å²) in [4.78, 5) is 70.9. The monoisotopic (exact) mass is 325 g/mol. The molecule has 0 bridgehead atoms. The van der Waals surface area contributed by atoms with Crippen molar-refractivity contribution in [1.29, 1.82) is 0 Å². The second-order valence-corrected chi connectivity index (χ2v) is 4.21. The molecule has 0 aliphatic heterocycles. The SMILES string of the molecule is C=C(C)C(=O)n1c(=O)n(C(C)=O)c(=O)n(C(=O)CC)c1=O.CC. The van der Waals surface area contributed by atoms with Gasteiger partial charge in [-0.05, 0) is 6.92 Å². The topological polar surface area (TPSA) is 117 Å².